The number of hydrogen-bond donors (Lipinski definition) is 3. The Kier molecular flexibility index (Phi) is 12.4. The number of alkyl carbamates (subject to hydrolysis) is 2. The van der Waals surface area contributed by atoms with Crippen LogP contribution < -0.4 is 10.6 Å². The molecule has 2 amide bonds. The molecule has 0 radical (unpaired) electrons. The molecule has 0 fully saturated rings. The highest BCUT2D eigenvalue weighted by atomic mass is 32.2. The Balaban J connectivity index is 1.73. The molecule has 0 saturated heterocycles. The second-order valence-corrected chi connectivity index (χ2v) is 15.3. The maximum Gasteiger partial charge on any atom is 0.407 e. The molecule has 1 aliphatic rings. The Morgan fingerprint density at radius 1 is 0.872 bits per heavy atom. The first-order valence-corrected chi connectivity index (χ1v) is 17.0. The molecular formula is C33H45N3O10S. The molecule has 1 atom stereocenters. The predicted molar refractivity (Wildman–Crippen MR) is 174 cm³/mol. The third-order valence-corrected chi connectivity index (χ3v) is 8.72. The summed E-state index contributed by atoms with van der Waals surface area (Å²) in [5.74, 6) is -2.87. The topological polar surface area (TPSA) is 178 Å². The molecule has 0 aromatic heterocycles. The van der Waals surface area contributed by atoms with Crippen LogP contribution in [-0.2, 0) is 33.8 Å². The fourth-order valence-corrected chi connectivity index (χ4v) is 6.43. The van der Waals surface area contributed by atoms with Gasteiger partial charge in [0.05, 0.1) is 5.75 Å². The smallest absolute Gasteiger partial charge is 0.407 e. The number of carbonyl (C=O) groups is 4. The Labute approximate surface area is 276 Å². The van der Waals surface area contributed by atoms with E-state index in [1.807, 2.05) is 48.5 Å². The van der Waals surface area contributed by atoms with Gasteiger partial charge in [-0.05, 0) is 70.2 Å². The van der Waals surface area contributed by atoms with Crippen LogP contribution in [0.3, 0.4) is 0 Å². The van der Waals surface area contributed by atoms with Gasteiger partial charge in [-0.15, -0.1) is 0 Å². The minimum Gasteiger partial charge on any atom is -0.480 e. The number of fused-ring (bicyclic) bond motifs is 3. The van der Waals surface area contributed by atoms with Crippen LogP contribution in [0.25, 0.3) is 11.1 Å². The van der Waals surface area contributed by atoms with Crippen molar-refractivity contribution in [3.05, 3.63) is 59.7 Å². The fourth-order valence-electron chi connectivity index (χ4n) is 5.10. The lowest BCUT2D eigenvalue weighted by Gasteiger charge is -2.27. The number of nitrogens with one attached hydrogen (secondary N) is 2. The average molecular weight is 676 g/mol. The number of carbonyl (C=O) groups excluding carboxylic acids is 3. The van der Waals surface area contributed by atoms with E-state index in [1.54, 1.807) is 41.5 Å². The van der Waals surface area contributed by atoms with Crippen molar-refractivity contribution in [1.29, 1.82) is 0 Å². The van der Waals surface area contributed by atoms with Crippen molar-refractivity contribution in [2.24, 2.45) is 0 Å². The number of amides is 2. The van der Waals surface area contributed by atoms with Crippen LogP contribution >= 0.6 is 0 Å². The molecule has 0 heterocycles. The Morgan fingerprint density at radius 2 is 1.43 bits per heavy atom. The van der Waals surface area contributed by atoms with Gasteiger partial charge in [0.2, 0.25) is 10.0 Å². The van der Waals surface area contributed by atoms with E-state index < -0.39 is 70.2 Å². The summed E-state index contributed by atoms with van der Waals surface area (Å²) in [7, 11) is -4.27. The van der Waals surface area contributed by atoms with Gasteiger partial charge in [-0.1, -0.05) is 48.5 Å². The number of aliphatic carboxylic acids is 1. The number of carboxylic acids is 1. The van der Waals surface area contributed by atoms with Crippen LogP contribution in [-0.4, -0.2) is 91.2 Å². The van der Waals surface area contributed by atoms with Crippen molar-refractivity contribution in [2.45, 2.75) is 77.5 Å². The average Bonchev–Trinajstić information content (AvgIpc) is 3.26. The van der Waals surface area contributed by atoms with Gasteiger partial charge in [0.25, 0.3) is 0 Å². The van der Waals surface area contributed by atoms with Gasteiger partial charge in [0.1, 0.15) is 24.4 Å². The van der Waals surface area contributed by atoms with E-state index in [2.05, 4.69) is 10.6 Å². The molecule has 13 nitrogen and oxygen atoms in total. The summed E-state index contributed by atoms with van der Waals surface area (Å²) in [6, 6.07) is 14.6. The van der Waals surface area contributed by atoms with Crippen LogP contribution in [0.5, 0.6) is 0 Å². The number of nitrogens with zero attached hydrogens (tertiary/aromatic N) is 1. The van der Waals surface area contributed by atoms with Crippen LogP contribution in [0.4, 0.5) is 9.59 Å². The van der Waals surface area contributed by atoms with E-state index in [1.165, 1.54) is 0 Å². The normalized spacial score (nSPS) is 13.7. The Hall–Kier alpha value is -4.17. The summed E-state index contributed by atoms with van der Waals surface area (Å²) >= 11 is 0. The lowest BCUT2D eigenvalue weighted by atomic mass is 9.98. The molecule has 1 unspecified atom stereocenters. The number of sulfonamides is 1. The highest BCUT2D eigenvalue weighted by molar-refractivity contribution is 7.89. The van der Waals surface area contributed by atoms with Crippen LogP contribution in [0.15, 0.2) is 48.5 Å². The van der Waals surface area contributed by atoms with Crippen LogP contribution in [0.2, 0.25) is 0 Å². The van der Waals surface area contributed by atoms with Crippen molar-refractivity contribution in [1.82, 2.24) is 14.9 Å². The first kappa shape index (κ1) is 37.3. The second-order valence-electron chi connectivity index (χ2n) is 13.2. The van der Waals surface area contributed by atoms with Crippen molar-refractivity contribution in [3.8, 4) is 11.1 Å². The quantitative estimate of drug-likeness (QED) is 0.194. The summed E-state index contributed by atoms with van der Waals surface area (Å²) in [6.07, 6.45) is -1.95. The molecule has 0 saturated carbocycles. The van der Waals surface area contributed by atoms with Crippen LogP contribution in [0.1, 0.15) is 71.4 Å². The number of rotatable bonds is 14. The molecule has 3 rings (SSSR count). The highest BCUT2D eigenvalue weighted by Crippen LogP contribution is 2.44. The van der Waals surface area contributed by atoms with Crippen molar-refractivity contribution in [2.75, 3.05) is 32.0 Å². The zero-order valence-electron chi connectivity index (χ0n) is 27.7. The second kappa shape index (κ2) is 15.6. The zero-order chi connectivity index (χ0) is 35.0. The van der Waals surface area contributed by atoms with Gasteiger partial charge in [0.15, 0.2) is 0 Å². The Bertz CT molecular complexity index is 1500. The molecule has 2 aromatic rings. The molecule has 0 aliphatic heterocycles. The van der Waals surface area contributed by atoms with E-state index in [0.717, 1.165) is 22.3 Å². The molecule has 2 aromatic carbocycles. The molecule has 1 aliphatic carbocycles. The molecule has 0 spiro atoms. The maximum absolute atomic E-state index is 13.2. The molecule has 0 bridgehead atoms. The fraction of sp³-hybridized carbons (Fsp3) is 0.515. The lowest BCUT2D eigenvalue weighted by molar-refractivity contribution is -0.155. The minimum absolute atomic E-state index is 0.00782. The van der Waals surface area contributed by atoms with Gasteiger partial charge in [-0.2, -0.15) is 4.31 Å². The molecular weight excluding hydrogens is 630 g/mol. The summed E-state index contributed by atoms with van der Waals surface area (Å²) in [5.41, 5.74) is 2.52. The van der Waals surface area contributed by atoms with Gasteiger partial charge in [-0.3, -0.25) is 9.59 Å². The van der Waals surface area contributed by atoms with Gasteiger partial charge in [-0.25, -0.2) is 18.0 Å². The highest BCUT2D eigenvalue weighted by Gasteiger charge is 2.32. The Morgan fingerprint density at radius 3 is 1.96 bits per heavy atom. The summed E-state index contributed by atoms with van der Waals surface area (Å²) in [4.78, 5) is 49.3. The molecule has 14 heteroatoms. The number of benzene rings is 2. The maximum atomic E-state index is 13.2. The number of esters is 1. The largest absolute Gasteiger partial charge is 0.480 e. The monoisotopic (exact) mass is 675 g/mol. The SMILES string of the molecule is CC(C)(C)OC(=O)CCC(CN(CC(=O)O)S(=O)(=O)CCNC(=O)OC(C)(C)C)NC(=O)OCC1c2ccccc2-c2ccccc21. The van der Waals surface area contributed by atoms with E-state index in [4.69, 9.17) is 14.2 Å². The lowest BCUT2D eigenvalue weighted by Crippen LogP contribution is -2.49. The van der Waals surface area contributed by atoms with Crippen molar-refractivity contribution in [3.63, 3.8) is 0 Å². The van der Waals surface area contributed by atoms with Crippen LogP contribution in [0, 0.1) is 0 Å². The standard InChI is InChI=1S/C33H45N3O10S/c1-32(2,3)45-29(39)16-15-22(19-36(20-28(37)38)47(42,43)18-17-34-30(40)46-33(4,5)6)35-31(41)44-21-27-25-13-9-7-11-23(25)24-12-8-10-14-26(24)27/h7-14,22,27H,15-21H2,1-6H3,(H,34,40)(H,35,41)(H,37,38). The number of ether oxygens (including phenoxy) is 3. The first-order chi connectivity index (χ1) is 21.8. The summed E-state index contributed by atoms with van der Waals surface area (Å²) in [6.45, 7) is 8.30. The zero-order valence-corrected chi connectivity index (χ0v) is 28.5. The van der Waals surface area contributed by atoms with Gasteiger partial charge < -0.3 is 30.0 Å². The molecule has 47 heavy (non-hydrogen) atoms. The van der Waals surface area contributed by atoms with Crippen molar-refractivity contribution < 1.29 is 46.9 Å². The molecule has 3 N–H and O–H groups in total. The van der Waals surface area contributed by atoms with E-state index >= 15 is 0 Å². The first-order valence-electron chi connectivity index (χ1n) is 15.3. The van der Waals surface area contributed by atoms with Crippen molar-refractivity contribution >= 4 is 34.1 Å². The van der Waals surface area contributed by atoms with E-state index in [9.17, 15) is 32.7 Å². The molecule has 258 valence electrons. The minimum atomic E-state index is -4.27. The third kappa shape index (κ3) is 11.9. The number of carboxylic acid groups (broad SMARTS) is 1. The number of hydrogen-bond acceptors (Lipinski definition) is 9. The van der Waals surface area contributed by atoms with E-state index in [0.29, 0.717) is 4.31 Å². The predicted octanol–water partition coefficient (Wildman–Crippen LogP) is 4.26. The summed E-state index contributed by atoms with van der Waals surface area (Å²) < 4.78 is 43.3. The summed E-state index contributed by atoms with van der Waals surface area (Å²) in [5, 5.41) is 14.5. The van der Waals surface area contributed by atoms with Gasteiger partial charge in [0, 0.05) is 31.5 Å². The third-order valence-electron chi connectivity index (χ3n) is 6.94. The van der Waals surface area contributed by atoms with E-state index in [-0.39, 0.29) is 31.9 Å². The van der Waals surface area contributed by atoms with Gasteiger partial charge >= 0.3 is 24.1 Å².